The first-order chi connectivity index (χ1) is 9.97. The summed E-state index contributed by atoms with van der Waals surface area (Å²) in [4.78, 5) is 11.5. The van der Waals surface area contributed by atoms with Crippen molar-refractivity contribution >= 4 is 27.0 Å². The van der Waals surface area contributed by atoms with E-state index in [-0.39, 0.29) is 5.82 Å². The van der Waals surface area contributed by atoms with Crippen molar-refractivity contribution in [2.24, 2.45) is 12.8 Å². The standard InChI is InChI=1S/C15H12BrFN2O2/c1-19-12-5-3-9(7-13(12)21-15(19)20)14(18)8-2-4-11(17)10(16)6-8/h2-7,14H,18H2,1H3. The molecule has 1 heterocycles. The highest BCUT2D eigenvalue weighted by Crippen LogP contribution is 2.26. The maximum absolute atomic E-state index is 13.3. The summed E-state index contributed by atoms with van der Waals surface area (Å²) < 4.78 is 20.2. The van der Waals surface area contributed by atoms with Gasteiger partial charge in [0.05, 0.1) is 16.0 Å². The van der Waals surface area contributed by atoms with Crippen molar-refractivity contribution in [3.8, 4) is 0 Å². The molecule has 3 rings (SSSR count). The minimum atomic E-state index is -0.434. The lowest BCUT2D eigenvalue weighted by molar-refractivity contribution is 0.527. The van der Waals surface area contributed by atoms with Crippen molar-refractivity contribution in [1.29, 1.82) is 0 Å². The molecule has 0 saturated heterocycles. The number of aryl methyl sites for hydroxylation is 1. The number of nitrogens with two attached hydrogens (primary N) is 1. The molecule has 6 heteroatoms. The Labute approximate surface area is 128 Å². The Bertz CT molecular complexity index is 885. The second-order valence-corrected chi connectivity index (χ2v) is 5.66. The average molecular weight is 351 g/mol. The quantitative estimate of drug-likeness (QED) is 0.772. The van der Waals surface area contributed by atoms with E-state index in [0.717, 1.165) is 11.1 Å². The van der Waals surface area contributed by atoms with E-state index in [4.69, 9.17) is 10.2 Å². The zero-order chi connectivity index (χ0) is 15.1. The minimum absolute atomic E-state index is 0.338. The molecule has 0 spiro atoms. The van der Waals surface area contributed by atoms with E-state index in [2.05, 4.69) is 15.9 Å². The predicted octanol–water partition coefficient (Wildman–Crippen LogP) is 3.08. The van der Waals surface area contributed by atoms with E-state index in [0.29, 0.717) is 15.6 Å². The molecule has 0 aliphatic carbocycles. The van der Waals surface area contributed by atoms with Crippen LogP contribution in [0.5, 0.6) is 0 Å². The lowest BCUT2D eigenvalue weighted by Crippen LogP contribution is -2.12. The van der Waals surface area contributed by atoms with E-state index in [1.807, 2.05) is 6.07 Å². The number of hydrogen-bond acceptors (Lipinski definition) is 3. The van der Waals surface area contributed by atoms with Crippen LogP contribution in [0.4, 0.5) is 4.39 Å². The van der Waals surface area contributed by atoms with Gasteiger partial charge in [0.2, 0.25) is 0 Å². The summed E-state index contributed by atoms with van der Waals surface area (Å²) in [6.07, 6.45) is 0. The Balaban J connectivity index is 2.06. The molecule has 21 heavy (non-hydrogen) atoms. The molecule has 4 nitrogen and oxygen atoms in total. The third-order valence-corrected chi connectivity index (χ3v) is 4.09. The number of nitrogens with zero attached hydrogens (tertiary/aromatic N) is 1. The van der Waals surface area contributed by atoms with Gasteiger partial charge >= 0.3 is 5.76 Å². The second-order valence-electron chi connectivity index (χ2n) is 4.81. The van der Waals surface area contributed by atoms with Crippen molar-refractivity contribution in [2.75, 3.05) is 0 Å². The Morgan fingerprint density at radius 1 is 1.24 bits per heavy atom. The van der Waals surface area contributed by atoms with Gasteiger partial charge in [0.15, 0.2) is 5.58 Å². The predicted molar refractivity (Wildman–Crippen MR) is 81.6 cm³/mol. The van der Waals surface area contributed by atoms with Gasteiger partial charge < -0.3 is 10.2 Å². The van der Waals surface area contributed by atoms with Gasteiger partial charge in [-0.3, -0.25) is 4.57 Å². The van der Waals surface area contributed by atoms with Crippen LogP contribution in [0.25, 0.3) is 11.1 Å². The lowest BCUT2D eigenvalue weighted by atomic mass is 9.99. The number of oxazole rings is 1. The van der Waals surface area contributed by atoms with E-state index in [1.165, 1.54) is 10.6 Å². The number of halogens is 2. The molecule has 0 bridgehead atoms. The molecule has 2 N–H and O–H groups in total. The van der Waals surface area contributed by atoms with Crippen LogP contribution in [0.2, 0.25) is 0 Å². The molecule has 0 radical (unpaired) electrons. The molecule has 0 saturated carbocycles. The summed E-state index contributed by atoms with van der Waals surface area (Å²) in [5, 5.41) is 0. The lowest BCUT2D eigenvalue weighted by Gasteiger charge is -2.13. The zero-order valence-electron chi connectivity index (χ0n) is 11.1. The SMILES string of the molecule is Cn1c(=O)oc2cc(C(N)c3ccc(F)c(Br)c3)ccc21. The Hall–Kier alpha value is -1.92. The smallest absolute Gasteiger partial charge is 0.408 e. The fraction of sp³-hybridized carbons (Fsp3) is 0.133. The van der Waals surface area contributed by atoms with E-state index in [9.17, 15) is 9.18 Å². The molecule has 0 aliphatic rings. The molecule has 0 aliphatic heterocycles. The summed E-state index contributed by atoms with van der Waals surface area (Å²) >= 11 is 3.15. The molecule has 1 aromatic heterocycles. The van der Waals surface area contributed by atoms with Gasteiger partial charge in [0.1, 0.15) is 5.82 Å². The van der Waals surface area contributed by atoms with Gasteiger partial charge in [0, 0.05) is 7.05 Å². The van der Waals surface area contributed by atoms with Crippen LogP contribution < -0.4 is 11.5 Å². The summed E-state index contributed by atoms with van der Waals surface area (Å²) in [5.41, 5.74) is 8.94. The fourth-order valence-electron chi connectivity index (χ4n) is 2.24. The highest BCUT2D eigenvalue weighted by Gasteiger charge is 2.14. The number of rotatable bonds is 2. The fourth-order valence-corrected chi connectivity index (χ4v) is 2.64. The highest BCUT2D eigenvalue weighted by atomic mass is 79.9. The first-order valence-corrected chi connectivity index (χ1v) is 7.06. The van der Waals surface area contributed by atoms with Gasteiger partial charge in [-0.05, 0) is 51.3 Å². The third-order valence-electron chi connectivity index (χ3n) is 3.48. The third kappa shape index (κ3) is 2.41. The van der Waals surface area contributed by atoms with Gasteiger partial charge in [0.25, 0.3) is 0 Å². The Morgan fingerprint density at radius 2 is 1.90 bits per heavy atom. The summed E-state index contributed by atoms with van der Waals surface area (Å²) in [7, 11) is 1.64. The van der Waals surface area contributed by atoms with Crippen molar-refractivity contribution in [3.63, 3.8) is 0 Å². The van der Waals surface area contributed by atoms with E-state index >= 15 is 0 Å². The normalized spacial score (nSPS) is 12.8. The molecular weight excluding hydrogens is 339 g/mol. The van der Waals surface area contributed by atoms with Crippen LogP contribution in [0.1, 0.15) is 17.2 Å². The van der Waals surface area contributed by atoms with Crippen LogP contribution in [0.3, 0.4) is 0 Å². The molecule has 1 atom stereocenters. The van der Waals surface area contributed by atoms with Crippen molar-refractivity contribution < 1.29 is 8.81 Å². The van der Waals surface area contributed by atoms with Gasteiger partial charge in [-0.15, -0.1) is 0 Å². The van der Waals surface area contributed by atoms with Crippen LogP contribution in [0.15, 0.2) is 50.1 Å². The molecule has 2 aromatic carbocycles. The average Bonchev–Trinajstić information content (AvgIpc) is 2.76. The van der Waals surface area contributed by atoms with Crippen LogP contribution in [-0.4, -0.2) is 4.57 Å². The maximum atomic E-state index is 13.3. The molecule has 0 fully saturated rings. The van der Waals surface area contributed by atoms with Crippen molar-refractivity contribution in [1.82, 2.24) is 4.57 Å². The number of fused-ring (bicyclic) bond motifs is 1. The number of aromatic nitrogens is 1. The molecular formula is C15H12BrFN2O2. The largest absolute Gasteiger partial charge is 0.419 e. The highest BCUT2D eigenvalue weighted by molar-refractivity contribution is 9.10. The Morgan fingerprint density at radius 3 is 2.62 bits per heavy atom. The van der Waals surface area contributed by atoms with Crippen LogP contribution in [-0.2, 0) is 7.05 Å². The zero-order valence-corrected chi connectivity index (χ0v) is 12.7. The van der Waals surface area contributed by atoms with Gasteiger partial charge in [-0.25, -0.2) is 9.18 Å². The van der Waals surface area contributed by atoms with E-state index < -0.39 is 11.8 Å². The summed E-state index contributed by atoms with van der Waals surface area (Å²) in [5.74, 6) is -0.754. The van der Waals surface area contributed by atoms with Crippen molar-refractivity contribution in [2.45, 2.75) is 6.04 Å². The van der Waals surface area contributed by atoms with Crippen molar-refractivity contribution in [3.05, 3.63) is 68.4 Å². The topological polar surface area (TPSA) is 61.2 Å². The number of benzene rings is 2. The molecule has 1 unspecified atom stereocenters. The van der Waals surface area contributed by atoms with Crippen LogP contribution >= 0.6 is 15.9 Å². The number of hydrogen-bond donors (Lipinski definition) is 1. The second kappa shape index (κ2) is 5.13. The van der Waals surface area contributed by atoms with Gasteiger partial charge in [-0.1, -0.05) is 12.1 Å². The first kappa shape index (κ1) is 14.0. The molecule has 0 amide bonds. The Kier molecular flexibility index (Phi) is 3.43. The van der Waals surface area contributed by atoms with Crippen LogP contribution in [0, 0.1) is 5.82 Å². The summed E-state index contributed by atoms with van der Waals surface area (Å²) in [6, 6.07) is 9.56. The maximum Gasteiger partial charge on any atom is 0.419 e. The van der Waals surface area contributed by atoms with Gasteiger partial charge in [-0.2, -0.15) is 0 Å². The monoisotopic (exact) mass is 350 g/mol. The first-order valence-electron chi connectivity index (χ1n) is 6.27. The summed E-state index contributed by atoms with van der Waals surface area (Å²) in [6.45, 7) is 0. The molecule has 3 aromatic rings. The van der Waals surface area contributed by atoms with E-state index in [1.54, 1.807) is 31.3 Å². The minimum Gasteiger partial charge on any atom is -0.408 e. The molecule has 108 valence electrons.